The van der Waals surface area contributed by atoms with Crippen LogP contribution in [0.3, 0.4) is 0 Å². The second-order valence-electron chi connectivity index (χ2n) is 5.17. The maximum atomic E-state index is 12.2. The van der Waals surface area contributed by atoms with Gasteiger partial charge in [0.25, 0.3) is 11.8 Å². The Morgan fingerprint density at radius 3 is 2.71 bits per heavy atom. The molecular formula is C15H18N2O3S. The van der Waals surface area contributed by atoms with Crippen molar-refractivity contribution < 1.29 is 14.0 Å². The first-order valence-corrected chi connectivity index (χ1v) is 7.49. The van der Waals surface area contributed by atoms with Gasteiger partial charge in [-0.15, -0.1) is 11.3 Å². The van der Waals surface area contributed by atoms with E-state index >= 15 is 0 Å². The molecule has 6 heteroatoms. The summed E-state index contributed by atoms with van der Waals surface area (Å²) < 4.78 is 5.02. The van der Waals surface area contributed by atoms with Gasteiger partial charge >= 0.3 is 0 Å². The van der Waals surface area contributed by atoms with Crippen LogP contribution in [0.4, 0.5) is 5.00 Å². The molecule has 2 rings (SSSR count). The number of hydrogen-bond acceptors (Lipinski definition) is 4. The van der Waals surface area contributed by atoms with Gasteiger partial charge in [-0.1, -0.05) is 13.8 Å². The molecule has 5 nitrogen and oxygen atoms in total. The SMILES string of the molecule is CC(C)CN(C)C(=O)c1ccc(NC(=O)c2ccco2)s1. The Kier molecular flexibility index (Phi) is 4.80. The molecule has 21 heavy (non-hydrogen) atoms. The van der Waals surface area contributed by atoms with Gasteiger partial charge in [0.15, 0.2) is 5.76 Å². The third-order valence-corrected chi connectivity index (χ3v) is 3.77. The molecule has 1 N–H and O–H groups in total. The molecule has 2 amide bonds. The number of nitrogens with zero attached hydrogens (tertiary/aromatic N) is 1. The van der Waals surface area contributed by atoms with Crippen LogP contribution in [-0.4, -0.2) is 30.3 Å². The molecule has 0 spiro atoms. The summed E-state index contributed by atoms with van der Waals surface area (Å²) in [7, 11) is 1.78. The lowest BCUT2D eigenvalue weighted by molar-refractivity contribution is 0.0783. The molecule has 0 radical (unpaired) electrons. The van der Waals surface area contributed by atoms with E-state index in [0.29, 0.717) is 22.3 Å². The van der Waals surface area contributed by atoms with Gasteiger partial charge in [-0.05, 0) is 30.2 Å². The lowest BCUT2D eigenvalue weighted by atomic mass is 10.2. The highest BCUT2D eigenvalue weighted by Gasteiger charge is 2.16. The number of carbonyl (C=O) groups excluding carboxylic acids is 2. The van der Waals surface area contributed by atoms with E-state index in [1.54, 1.807) is 36.2 Å². The van der Waals surface area contributed by atoms with Crippen molar-refractivity contribution in [3.05, 3.63) is 41.2 Å². The molecule has 0 saturated carbocycles. The van der Waals surface area contributed by atoms with Crippen LogP contribution in [0.5, 0.6) is 0 Å². The predicted molar refractivity (Wildman–Crippen MR) is 82.8 cm³/mol. The molecule has 0 aliphatic rings. The van der Waals surface area contributed by atoms with Crippen molar-refractivity contribution in [2.24, 2.45) is 5.92 Å². The zero-order valence-electron chi connectivity index (χ0n) is 12.3. The van der Waals surface area contributed by atoms with E-state index in [1.807, 2.05) is 0 Å². The second kappa shape index (κ2) is 6.58. The van der Waals surface area contributed by atoms with Crippen molar-refractivity contribution in [1.82, 2.24) is 4.90 Å². The number of furan rings is 1. The summed E-state index contributed by atoms with van der Waals surface area (Å²) in [5, 5.41) is 3.34. The zero-order valence-corrected chi connectivity index (χ0v) is 13.1. The van der Waals surface area contributed by atoms with Crippen LogP contribution in [-0.2, 0) is 0 Å². The summed E-state index contributed by atoms with van der Waals surface area (Å²) >= 11 is 1.26. The summed E-state index contributed by atoms with van der Waals surface area (Å²) in [6.07, 6.45) is 1.44. The van der Waals surface area contributed by atoms with Crippen molar-refractivity contribution in [3.63, 3.8) is 0 Å². The van der Waals surface area contributed by atoms with E-state index in [1.165, 1.54) is 17.6 Å². The number of thiophene rings is 1. The Hall–Kier alpha value is -2.08. The number of nitrogens with one attached hydrogen (secondary N) is 1. The molecular weight excluding hydrogens is 288 g/mol. The van der Waals surface area contributed by atoms with Crippen LogP contribution in [0.15, 0.2) is 34.9 Å². The van der Waals surface area contributed by atoms with Gasteiger partial charge in [0, 0.05) is 13.6 Å². The summed E-state index contributed by atoms with van der Waals surface area (Å²) in [6, 6.07) is 6.69. The molecule has 0 saturated heterocycles. The zero-order chi connectivity index (χ0) is 15.4. The fourth-order valence-electron chi connectivity index (χ4n) is 1.92. The summed E-state index contributed by atoms with van der Waals surface area (Å²) in [5.41, 5.74) is 0. The van der Waals surface area contributed by atoms with Crippen LogP contribution in [0.25, 0.3) is 0 Å². The van der Waals surface area contributed by atoms with Gasteiger partial charge in [0.05, 0.1) is 16.1 Å². The minimum atomic E-state index is -0.323. The van der Waals surface area contributed by atoms with Crippen molar-refractivity contribution in [2.75, 3.05) is 18.9 Å². The molecule has 0 aliphatic carbocycles. The molecule has 0 aliphatic heterocycles. The van der Waals surface area contributed by atoms with E-state index in [2.05, 4.69) is 19.2 Å². The average Bonchev–Trinajstić information content (AvgIpc) is 3.08. The van der Waals surface area contributed by atoms with Gasteiger partial charge in [-0.2, -0.15) is 0 Å². The maximum Gasteiger partial charge on any atom is 0.291 e. The third kappa shape index (κ3) is 3.95. The third-order valence-electron chi connectivity index (χ3n) is 2.78. The van der Waals surface area contributed by atoms with Gasteiger partial charge < -0.3 is 14.6 Å². The van der Waals surface area contributed by atoms with Crippen molar-refractivity contribution in [2.45, 2.75) is 13.8 Å². The van der Waals surface area contributed by atoms with Gasteiger partial charge in [-0.3, -0.25) is 9.59 Å². The number of amides is 2. The van der Waals surface area contributed by atoms with Crippen LogP contribution in [0.2, 0.25) is 0 Å². The summed E-state index contributed by atoms with van der Waals surface area (Å²) in [5.74, 6) is 0.300. The van der Waals surface area contributed by atoms with Crippen LogP contribution in [0.1, 0.15) is 34.1 Å². The fraction of sp³-hybridized carbons (Fsp3) is 0.333. The van der Waals surface area contributed by atoms with Crippen molar-refractivity contribution in [1.29, 1.82) is 0 Å². The molecule has 2 heterocycles. The Labute approximate surface area is 127 Å². The Morgan fingerprint density at radius 2 is 2.10 bits per heavy atom. The molecule has 0 bridgehead atoms. The first-order valence-electron chi connectivity index (χ1n) is 6.67. The highest BCUT2D eigenvalue weighted by atomic mass is 32.1. The molecule has 2 aromatic rings. The standard InChI is InChI=1S/C15H18N2O3S/c1-10(2)9-17(3)15(19)12-6-7-13(21-12)16-14(18)11-5-4-8-20-11/h4-8,10H,9H2,1-3H3,(H,16,18). The quantitative estimate of drug-likeness (QED) is 0.921. The predicted octanol–water partition coefficient (Wildman–Crippen LogP) is 3.32. The minimum Gasteiger partial charge on any atom is -0.459 e. The van der Waals surface area contributed by atoms with Crippen LogP contribution in [0, 0.1) is 5.92 Å². The smallest absolute Gasteiger partial charge is 0.291 e. The molecule has 0 fully saturated rings. The highest BCUT2D eigenvalue weighted by molar-refractivity contribution is 7.18. The Bertz CT molecular complexity index is 617. The summed E-state index contributed by atoms with van der Waals surface area (Å²) in [6.45, 7) is 4.82. The van der Waals surface area contributed by atoms with Gasteiger partial charge in [-0.25, -0.2) is 0 Å². The lowest BCUT2D eigenvalue weighted by Gasteiger charge is -2.18. The second-order valence-corrected chi connectivity index (χ2v) is 6.26. The number of anilines is 1. The normalized spacial score (nSPS) is 10.7. The number of carbonyl (C=O) groups is 2. The maximum absolute atomic E-state index is 12.2. The minimum absolute atomic E-state index is 0.0350. The van der Waals surface area contributed by atoms with E-state index < -0.39 is 0 Å². The van der Waals surface area contributed by atoms with E-state index in [9.17, 15) is 9.59 Å². The molecule has 0 aromatic carbocycles. The van der Waals surface area contributed by atoms with Crippen molar-refractivity contribution in [3.8, 4) is 0 Å². The van der Waals surface area contributed by atoms with Gasteiger partial charge in [0.2, 0.25) is 0 Å². The topological polar surface area (TPSA) is 62.6 Å². The molecule has 112 valence electrons. The van der Waals surface area contributed by atoms with E-state index in [0.717, 1.165) is 0 Å². The molecule has 2 aromatic heterocycles. The fourth-order valence-corrected chi connectivity index (χ4v) is 2.82. The Morgan fingerprint density at radius 1 is 1.33 bits per heavy atom. The highest BCUT2D eigenvalue weighted by Crippen LogP contribution is 2.24. The number of hydrogen-bond donors (Lipinski definition) is 1. The van der Waals surface area contributed by atoms with Crippen molar-refractivity contribution >= 4 is 28.2 Å². The van der Waals surface area contributed by atoms with E-state index in [4.69, 9.17) is 4.42 Å². The van der Waals surface area contributed by atoms with E-state index in [-0.39, 0.29) is 17.6 Å². The Balaban J connectivity index is 2.01. The lowest BCUT2D eigenvalue weighted by Crippen LogP contribution is -2.29. The largest absolute Gasteiger partial charge is 0.459 e. The van der Waals surface area contributed by atoms with Gasteiger partial charge in [0.1, 0.15) is 0 Å². The van der Waals surface area contributed by atoms with Crippen LogP contribution >= 0.6 is 11.3 Å². The molecule has 0 unspecified atom stereocenters. The first-order chi connectivity index (χ1) is 9.97. The first kappa shape index (κ1) is 15.3. The monoisotopic (exact) mass is 306 g/mol. The molecule has 0 atom stereocenters. The van der Waals surface area contributed by atoms with Crippen LogP contribution < -0.4 is 5.32 Å². The summed E-state index contributed by atoms with van der Waals surface area (Å²) in [4.78, 5) is 26.3. The number of rotatable bonds is 5. The average molecular weight is 306 g/mol.